The van der Waals surface area contributed by atoms with Gasteiger partial charge in [-0.05, 0) is 55.5 Å². The molecular weight excluding hydrogens is 338 g/mol. The number of carbonyl (C=O) groups excluding carboxylic acids is 1. The number of hydrogen-bond donors (Lipinski definition) is 0. The summed E-state index contributed by atoms with van der Waals surface area (Å²) in [5.74, 6) is 0.464. The number of halogens is 1. The van der Waals surface area contributed by atoms with Gasteiger partial charge in [0.2, 0.25) is 5.88 Å². The lowest BCUT2D eigenvalue weighted by atomic mass is 9.82. The second-order valence-corrected chi connectivity index (χ2v) is 6.83. The number of benzene rings is 1. The topological polar surface area (TPSA) is 48.4 Å². The van der Waals surface area contributed by atoms with Gasteiger partial charge in [-0.3, -0.25) is 0 Å². The van der Waals surface area contributed by atoms with Gasteiger partial charge in [0.25, 0.3) is 0 Å². The fourth-order valence-electron chi connectivity index (χ4n) is 3.69. The predicted molar refractivity (Wildman–Crippen MR) is 94.9 cm³/mol. The lowest BCUT2D eigenvalue weighted by Gasteiger charge is -2.28. The van der Waals surface area contributed by atoms with Crippen LogP contribution in [0.2, 0.25) is 5.02 Å². The molecule has 5 heteroatoms. The first kappa shape index (κ1) is 16.2. The molecule has 128 valence electrons. The largest absolute Gasteiger partial charge is 0.466 e. The predicted octanol–water partition coefficient (Wildman–Crippen LogP) is 4.20. The van der Waals surface area contributed by atoms with Crippen LogP contribution >= 0.6 is 11.6 Å². The van der Waals surface area contributed by atoms with Gasteiger partial charge in [-0.15, -0.1) is 0 Å². The van der Waals surface area contributed by atoms with Gasteiger partial charge in [-0.1, -0.05) is 23.7 Å². The van der Waals surface area contributed by atoms with Crippen LogP contribution in [0.5, 0.6) is 5.88 Å². The van der Waals surface area contributed by atoms with Crippen LogP contribution in [0.25, 0.3) is 0 Å². The standard InChI is InChI=1S/C20H18ClNO3/c1-11-17(20(23)24-2)18(12-6-8-14(21)9-7-12)15-10-13-4-3-5-16(13)22-19(15)25-11/h6-10,18H,3-5H2,1-2H3. The van der Waals surface area contributed by atoms with Gasteiger partial charge >= 0.3 is 5.97 Å². The average Bonchev–Trinajstić information content (AvgIpc) is 3.06. The summed E-state index contributed by atoms with van der Waals surface area (Å²) in [5, 5.41) is 0.656. The highest BCUT2D eigenvalue weighted by Gasteiger charge is 2.36. The Balaban J connectivity index is 1.92. The number of aryl methyl sites for hydroxylation is 2. The number of methoxy groups -OCH3 is 1. The van der Waals surface area contributed by atoms with Crippen molar-refractivity contribution in [3.05, 3.63) is 69.1 Å². The van der Waals surface area contributed by atoms with Crippen LogP contribution in [0.15, 0.2) is 41.7 Å². The van der Waals surface area contributed by atoms with E-state index in [2.05, 4.69) is 6.07 Å². The van der Waals surface area contributed by atoms with Crippen LogP contribution in [0, 0.1) is 0 Å². The third-order valence-corrected chi connectivity index (χ3v) is 5.13. The van der Waals surface area contributed by atoms with E-state index < -0.39 is 0 Å². The summed E-state index contributed by atoms with van der Waals surface area (Å²) in [6, 6.07) is 9.67. The van der Waals surface area contributed by atoms with Gasteiger partial charge in [-0.25, -0.2) is 9.78 Å². The Morgan fingerprint density at radius 2 is 2.04 bits per heavy atom. The molecule has 1 aliphatic carbocycles. The molecule has 0 spiro atoms. The smallest absolute Gasteiger partial charge is 0.338 e. The molecule has 25 heavy (non-hydrogen) atoms. The highest BCUT2D eigenvalue weighted by molar-refractivity contribution is 6.30. The molecule has 1 unspecified atom stereocenters. The molecule has 0 saturated carbocycles. The lowest BCUT2D eigenvalue weighted by molar-refractivity contribution is -0.136. The number of aromatic nitrogens is 1. The summed E-state index contributed by atoms with van der Waals surface area (Å²) in [6.45, 7) is 1.78. The van der Waals surface area contributed by atoms with Crippen molar-refractivity contribution in [3.63, 3.8) is 0 Å². The molecule has 2 aliphatic rings. The number of pyridine rings is 1. The SMILES string of the molecule is COC(=O)C1=C(C)Oc2nc3c(cc2C1c1ccc(Cl)cc1)CCC3. The molecule has 4 nitrogen and oxygen atoms in total. The Labute approximate surface area is 151 Å². The molecule has 2 aromatic rings. The zero-order valence-electron chi connectivity index (χ0n) is 14.1. The van der Waals surface area contributed by atoms with Gasteiger partial charge in [0.15, 0.2) is 0 Å². The first-order valence-electron chi connectivity index (χ1n) is 8.33. The van der Waals surface area contributed by atoms with Crippen molar-refractivity contribution in [3.8, 4) is 5.88 Å². The van der Waals surface area contributed by atoms with Crippen molar-refractivity contribution < 1.29 is 14.3 Å². The molecule has 0 amide bonds. The Kier molecular flexibility index (Phi) is 4.00. The maximum atomic E-state index is 12.5. The minimum atomic E-state index is -0.386. The minimum absolute atomic E-state index is 0.271. The van der Waals surface area contributed by atoms with Crippen LogP contribution in [0.4, 0.5) is 0 Å². The number of hydrogen-bond acceptors (Lipinski definition) is 4. The minimum Gasteiger partial charge on any atom is -0.466 e. The van der Waals surface area contributed by atoms with Gasteiger partial charge < -0.3 is 9.47 Å². The number of nitrogens with zero attached hydrogens (tertiary/aromatic N) is 1. The molecule has 1 aromatic heterocycles. The summed E-state index contributed by atoms with van der Waals surface area (Å²) in [6.07, 6.45) is 3.09. The second-order valence-electron chi connectivity index (χ2n) is 6.39. The molecule has 2 heterocycles. The highest BCUT2D eigenvalue weighted by atomic mass is 35.5. The Hall–Kier alpha value is -2.33. The Bertz CT molecular complexity index is 887. The van der Waals surface area contributed by atoms with Crippen molar-refractivity contribution in [1.29, 1.82) is 0 Å². The van der Waals surface area contributed by atoms with Crippen molar-refractivity contribution in [2.45, 2.75) is 32.1 Å². The zero-order chi connectivity index (χ0) is 17.6. The van der Waals surface area contributed by atoms with E-state index in [0.717, 1.165) is 36.1 Å². The molecule has 0 bridgehead atoms. The molecule has 0 saturated heterocycles. The molecule has 0 radical (unpaired) electrons. The quantitative estimate of drug-likeness (QED) is 0.758. The Morgan fingerprint density at radius 3 is 2.76 bits per heavy atom. The normalized spacial score (nSPS) is 18.4. The van der Waals surface area contributed by atoms with E-state index in [9.17, 15) is 4.79 Å². The van der Waals surface area contributed by atoms with Crippen LogP contribution in [0.1, 0.15) is 41.6 Å². The third kappa shape index (κ3) is 2.71. The first-order chi connectivity index (χ1) is 12.1. The number of carbonyl (C=O) groups is 1. The zero-order valence-corrected chi connectivity index (χ0v) is 14.9. The van der Waals surface area contributed by atoms with Crippen LogP contribution in [0.3, 0.4) is 0 Å². The fraction of sp³-hybridized carbons (Fsp3) is 0.300. The summed E-state index contributed by atoms with van der Waals surface area (Å²) in [4.78, 5) is 17.2. The van der Waals surface area contributed by atoms with Crippen molar-refractivity contribution >= 4 is 17.6 Å². The number of rotatable bonds is 2. The number of esters is 1. The molecule has 4 rings (SSSR count). The number of allylic oxidation sites excluding steroid dienone is 1. The van der Waals surface area contributed by atoms with Gasteiger partial charge in [0.1, 0.15) is 5.76 Å². The fourth-order valence-corrected chi connectivity index (χ4v) is 3.82. The molecule has 0 N–H and O–H groups in total. The van der Waals surface area contributed by atoms with E-state index in [4.69, 9.17) is 26.1 Å². The average molecular weight is 356 g/mol. The molecule has 1 aromatic carbocycles. The molecule has 1 aliphatic heterocycles. The van der Waals surface area contributed by atoms with Gasteiger partial charge in [0, 0.05) is 22.2 Å². The van der Waals surface area contributed by atoms with Gasteiger partial charge in [-0.2, -0.15) is 0 Å². The van der Waals surface area contributed by atoms with Crippen LogP contribution < -0.4 is 4.74 Å². The first-order valence-corrected chi connectivity index (χ1v) is 8.71. The summed E-state index contributed by atoms with van der Waals surface area (Å²) in [5.41, 5.74) is 4.73. The molecule has 0 fully saturated rings. The van der Waals surface area contributed by atoms with Crippen molar-refractivity contribution in [1.82, 2.24) is 4.98 Å². The summed E-state index contributed by atoms with van der Waals surface area (Å²) < 4.78 is 10.9. The van der Waals surface area contributed by atoms with Crippen molar-refractivity contribution in [2.75, 3.05) is 7.11 Å². The number of ether oxygens (including phenoxy) is 2. The van der Waals surface area contributed by atoms with Crippen LogP contribution in [-0.4, -0.2) is 18.1 Å². The number of fused-ring (bicyclic) bond motifs is 2. The second kappa shape index (κ2) is 6.19. The van der Waals surface area contributed by atoms with E-state index in [-0.39, 0.29) is 11.9 Å². The summed E-state index contributed by atoms with van der Waals surface area (Å²) in [7, 11) is 1.39. The maximum absolute atomic E-state index is 12.5. The lowest BCUT2D eigenvalue weighted by Crippen LogP contribution is -2.23. The van der Waals surface area contributed by atoms with Crippen LogP contribution in [-0.2, 0) is 22.4 Å². The monoisotopic (exact) mass is 355 g/mol. The summed E-state index contributed by atoms with van der Waals surface area (Å²) >= 11 is 6.04. The van der Waals surface area contributed by atoms with Crippen molar-refractivity contribution in [2.24, 2.45) is 0 Å². The third-order valence-electron chi connectivity index (χ3n) is 4.88. The van der Waals surface area contributed by atoms with E-state index in [1.54, 1.807) is 6.92 Å². The Morgan fingerprint density at radius 1 is 1.28 bits per heavy atom. The van der Waals surface area contributed by atoms with E-state index in [0.29, 0.717) is 22.2 Å². The van der Waals surface area contributed by atoms with E-state index in [1.807, 2.05) is 24.3 Å². The highest BCUT2D eigenvalue weighted by Crippen LogP contribution is 2.44. The van der Waals surface area contributed by atoms with E-state index >= 15 is 0 Å². The maximum Gasteiger partial charge on any atom is 0.338 e. The molecule has 1 atom stereocenters. The molecular formula is C20H18ClNO3. The van der Waals surface area contributed by atoms with E-state index in [1.165, 1.54) is 12.7 Å². The van der Waals surface area contributed by atoms with Gasteiger partial charge in [0.05, 0.1) is 12.7 Å².